The van der Waals surface area contributed by atoms with Gasteiger partial charge in [-0.1, -0.05) is 44.1 Å². The van der Waals surface area contributed by atoms with Crippen molar-refractivity contribution in [3.05, 3.63) is 65.1 Å². The van der Waals surface area contributed by atoms with Gasteiger partial charge < -0.3 is 16.2 Å². The number of aromatic nitrogens is 3. The van der Waals surface area contributed by atoms with E-state index in [2.05, 4.69) is 38.5 Å². The van der Waals surface area contributed by atoms with E-state index in [1.807, 2.05) is 51.1 Å². The van der Waals surface area contributed by atoms with Crippen molar-refractivity contribution in [2.24, 2.45) is 4.99 Å². The van der Waals surface area contributed by atoms with Crippen molar-refractivity contribution in [2.75, 3.05) is 11.5 Å². The van der Waals surface area contributed by atoms with Crippen molar-refractivity contribution in [1.29, 1.82) is 0 Å². The maximum atomic E-state index is 5.99. The summed E-state index contributed by atoms with van der Waals surface area (Å²) < 4.78 is 5.99. The van der Waals surface area contributed by atoms with Crippen LogP contribution in [0, 0.1) is 11.8 Å². The standard InChI is InChI=1S/C24H24N6O/c1-5-7-16-8-6-9-17(22(16)27-4)10-11-18-12-20(19(13-28-18)15(2)3)31-21-14-29-24(26)30-23(21)25/h5-9,12-15H,4H2,1-3H3,(H4,25,26,29,30)/b7-5-. The van der Waals surface area contributed by atoms with Gasteiger partial charge >= 0.3 is 0 Å². The van der Waals surface area contributed by atoms with Gasteiger partial charge in [-0.15, -0.1) is 0 Å². The van der Waals surface area contributed by atoms with Gasteiger partial charge in [-0.25, -0.2) is 9.97 Å². The fourth-order valence-electron chi connectivity index (χ4n) is 2.92. The first-order chi connectivity index (χ1) is 14.9. The molecular weight excluding hydrogens is 388 g/mol. The first-order valence-corrected chi connectivity index (χ1v) is 9.73. The summed E-state index contributed by atoms with van der Waals surface area (Å²) in [5, 5.41) is 0. The van der Waals surface area contributed by atoms with Gasteiger partial charge in [-0.2, -0.15) is 4.98 Å². The van der Waals surface area contributed by atoms with Gasteiger partial charge in [-0.05, 0) is 31.5 Å². The number of nitrogens with two attached hydrogens (primary N) is 2. The van der Waals surface area contributed by atoms with Crippen LogP contribution in [0.1, 0.15) is 49.1 Å². The molecule has 0 spiro atoms. The normalized spacial score (nSPS) is 10.7. The molecule has 156 valence electrons. The zero-order chi connectivity index (χ0) is 22.4. The molecule has 0 bridgehead atoms. The second-order valence-corrected chi connectivity index (χ2v) is 6.99. The number of ether oxygens (including phenoxy) is 1. The largest absolute Gasteiger partial charge is 0.451 e. The summed E-state index contributed by atoms with van der Waals surface area (Å²) in [4.78, 5) is 16.5. The first kappa shape index (κ1) is 21.5. The van der Waals surface area contributed by atoms with Gasteiger partial charge in [-0.3, -0.25) is 4.99 Å². The number of nitrogens with zero attached hydrogens (tertiary/aromatic N) is 4. The SMILES string of the molecule is C=Nc1c(C#Cc2cc(Oc3cnc(N)nc3N)c(C(C)C)cn2)cccc1/C=C\C. The van der Waals surface area contributed by atoms with Crippen LogP contribution < -0.4 is 16.2 Å². The minimum absolute atomic E-state index is 0.0852. The summed E-state index contributed by atoms with van der Waals surface area (Å²) in [6, 6.07) is 7.57. The van der Waals surface area contributed by atoms with E-state index in [1.54, 1.807) is 12.3 Å². The van der Waals surface area contributed by atoms with Crippen LogP contribution in [0.15, 0.2) is 47.7 Å². The van der Waals surface area contributed by atoms with Crippen molar-refractivity contribution < 1.29 is 4.74 Å². The molecular formula is C24H24N6O. The minimum Gasteiger partial charge on any atom is -0.451 e. The number of pyridine rings is 1. The Kier molecular flexibility index (Phi) is 6.63. The molecule has 4 N–H and O–H groups in total. The third-order valence-corrected chi connectivity index (χ3v) is 4.44. The Balaban J connectivity index is 2.01. The first-order valence-electron chi connectivity index (χ1n) is 9.73. The Morgan fingerprint density at radius 1 is 1.13 bits per heavy atom. The molecule has 2 aromatic heterocycles. The number of anilines is 2. The lowest BCUT2D eigenvalue weighted by Gasteiger charge is -2.14. The predicted octanol–water partition coefficient (Wildman–Crippen LogP) is 4.72. The second-order valence-electron chi connectivity index (χ2n) is 6.99. The summed E-state index contributed by atoms with van der Waals surface area (Å²) in [6.45, 7) is 9.72. The fraction of sp³-hybridized carbons (Fsp3) is 0.167. The van der Waals surface area contributed by atoms with Gasteiger partial charge in [0, 0.05) is 23.4 Å². The van der Waals surface area contributed by atoms with Gasteiger partial charge in [0.1, 0.15) is 11.4 Å². The zero-order valence-electron chi connectivity index (χ0n) is 17.8. The molecule has 2 heterocycles. The quantitative estimate of drug-likeness (QED) is 0.463. The maximum Gasteiger partial charge on any atom is 0.222 e. The van der Waals surface area contributed by atoms with E-state index in [1.165, 1.54) is 6.20 Å². The molecule has 0 saturated carbocycles. The third kappa shape index (κ3) is 5.06. The Morgan fingerprint density at radius 2 is 1.94 bits per heavy atom. The van der Waals surface area contributed by atoms with Crippen LogP contribution in [-0.4, -0.2) is 21.7 Å². The number of aliphatic imine (C=N–C) groups is 1. The van der Waals surface area contributed by atoms with Gasteiger partial charge in [0.25, 0.3) is 0 Å². The summed E-state index contributed by atoms with van der Waals surface area (Å²) in [6.07, 6.45) is 7.11. The van der Waals surface area contributed by atoms with Crippen molar-refractivity contribution in [3.63, 3.8) is 0 Å². The van der Waals surface area contributed by atoms with E-state index < -0.39 is 0 Å². The number of nitrogen functional groups attached to an aromatic ring is 2. The molecule has 1 aromatic carbocycles. The summed E-state index contributed by atoms with van der Waals surface area (Å²) >= 11 is 0. The van der Waals surface area contributed by atoms with E-state index in [4.69, 9.17) is 16.2 Å². The van der Waals surface area contributed by atoms with Crippen LogP contribution in [0.3, 0.4) is 0 Å². The maximum absolute atomic E-state index is 5.99. The second kappa shape index (κ2) is 9.55. The van der Waals surface area contributed by atoms with Crippen LogP contribution >= 0.6 is 0 Å². The molecule has 0 unspecified atom stereocenters. The van der Waals surface area contributed by atoms with E-state index in [9.17, 15) is 0 Å². The van der Waals surface area contributed by atoms with Crippen molar-refractivity contribution in [2.45, 2.75) is 26.7 Å². The fourth-order valence-corrected chi connectivity index (χ4v) is 2.92. The smallest absolute Gasteiger partial charge is 0.222 e. The van der Waals surface area contributed by atoms with Crippen molar-refractivity contribution >= 4 is 30.2 Å². The number of para-hydroxylation sites is 1. The van der Waals surface area contributed by atoms with Gasteiger partial charge in [0.15, 0.2) is 11.6 Å². The third-order valence-electron chi connectivity index (χ3n) is 4.44. The van der Waals surface area contributed by atoms with Crippen molar-refractivity contribution in [3.8, 4) is 23.3 Å². The zero-order valence-corrected chi connectivity index (χ0v) is 17.8. The van der Waals surface area contributed by atoms with Crippen LogP contribution in [0.25, 0.3) is 6.08 Å². The highest BCUT2D eigenvalue weighted by Gasteiger charge is 2.13. The molecule has 0 aliphatic carbocycles. The predicted molar refractivity (Wildman–Crippen MR) is 126 cm³/mol. The molecule has 3 aromatic rings. The average Bonchev–Trinajstić information content (AvgIpc) is 2.74. The van der Waals surface area contributed by atoms with E-state index in [0.29, 0.717) is 17.2 Å². The van der Waals surface area contributed by atoms with Crippen LogP contribution in [0.5, 0.6) is 11.5 Å². The molecule has 0 amide bonds. The Labute approximate surface area is 181 Å². The van der Waals surface area contributed by atoms with Gasteiger partial charge in [0.05, 0.1) is 17.4 Å². The summed E-state index contributed by atoms with van der Waals surface area (Å²) in [5.74, 6) is 7.54. The van der Waals surface area contributed by atoms with Gasteiger partial charge in [0.2, 0.25) is 5.95 Å². The molecule has 0 fully saturated rings. The minimum atomic E-state index is 0.0852. The number of rotatable bonds is 5. The highest BCUT2D eigenvalue weighted by Crippen LogP contribution is 2.32. The van der Waals surface area contributed by atoms with Crippen LogP contribution in [0.2, 0.25) is 0 Å². The van der Waals surface area contributed by atoms with E-state index in [0.717, 1.165) is 22.4 Å². The molecule has 0 aliphatic heterocycles. The van der Waals surface area contributed by atoms with Crippen molar-refractivity contribution in [1.82, 2.24) is 15.0 Å². The number of hydrogen-bond acceptors (Lipinski definition) is 7. The molecule has 7 nitrogen and oxygen atoms in total. The topological polar surface area (TPSA) is 112 Å². The summed E-state index contributed by atoms with van der Waals surface area (Å²) in [5.41, 5.74) is 15.4. The lowest BCUT2D eigenvalue weighted by atomic mass is 10.0. The molecule has 31 heavy (non-hydrogen) atoms. The monoisotopic (exact) mass is 412 g/mol. The van der Waals surface area contributed by atoms with E-state index in [-0.39, 0.29) is 17.7 Å². The molecule has 0 atom stereocenters. The lowest BCUT2D eigenvalue weighted by molar-refractivity contribution is 0.470. The Morgan fingerprint density at radius 3 is 2.61 bits per heavy atom. The Bertz CT molecular complexity index is 1200. The number of allylic oxidation sites excluding steroid dienone is 1. The molecule has 0 aliphatic rings. The van der Waals surface area contributed by atoms with E-state index >= 15 is 0 Å². The Hall–Kier alpha value is -4.18. The molecule has 0 saturated heterocycles. The average molecular weight is 412 g/mol. The highest BCUT2D eigenvalue weighted by molar-refractivity contribution is 5.72. The molecule has 7 heteroatoms. The number of hydrogen-bond donors (Lipinski definition) is 2. The van der Waals surface area contributed by atoms with Crippen LogP contribution in [0.4, 0.5) is 17.5 Å². The number of benzene rings is 1. The summed E-state index contributed by atoms with van der Waals surface area (Å²) in [7, 11) is 0. The van der Waals surface area contributed by atoms with Crippen LogP contribution in [-0.2, 0) is 0 Å². The molecule has 3 rings (SSSR count). The molecule has 0 radical (unpaired) electrons. The lowest BCUT2D eigenvalue weighted by Crippen LogP contribution is -2.03. The highest BCUT2D eigenvalue weighted by atomic mass is 16.5.